The zero-order valence-corrected chi connectivity index (χ0v) is 18.8. The first-order valence-electron chi connectivity index (χ1n) is 11.6. The molecule has 4 rings (SSSR count). The first-order valence-corrected chi connectivity index (χ1v) is 11.6. The summed E-state index contributed by atoms with van der Waals surface area (Å²) in [4.78, 5) is 19.2. The van der Waals surface area contributed by atoms with E-state index < -0.39 is 0 Å². The fourth-order valence-electron chi connectivity index (χ4n) is 5.00. The summed E-state index contributed by atoms with van der Waals surface area (Å²) in [7, 11) is 1.85. The van der Waals surface area contributed by atoms with Gasteiger partial charge < -0.3 is 4.90 Å². The van der Waals surface area contributed by atoms with Crippen LogP contribution < -0.4 is 4.90 Å². The maximum Gasteiger partial charge on any atom is 0.324 e. The van der Waals surface area contributed by atoms with Crippen molar-refractivity contribution in [2.75, 3.05) is 38.1 Å². The van der Waals surface area contributed by atoms with E-state index in [1.807, 2.05) is 18.0 Å². The summed E-state index contributed by atoms with van der Waals surface area (Å²) in [5.74, 6) is 0.915. The molecule has 2 aromatic rings. The van der Waals surface area contributed by atoms with Crippen molar-refractivity contribution in [3.63, 3.8) is 0 Å². The zero-order chi connectivity index (χ0) is 21.8. The Bertz CT molecular complexity index is 876. The first kappa shape index (κ1) is 21.8. The molecule has 2 aliphatic rings. The normalized spacial score (nSPS) is 20.6. The number of anilines is 1. The molecule has 5 heteroatoms. The minimum Gasteiger partial charge on any atom is -0.324 e. The second-order valence-corrected chi connectivity index (χ2v) is 9.31. The van der Waals surface area contributed by atoms with Gasteiger partial charge in [0.1, 0.15) is 5.82 Å². The summed E-state index contributed by atoms with van der Waals surface area (Å²) in [6.45, 7) is 7.07. The van der Waals surface area contributed by atoms with E-state index in [-0.39, 0.29) is 11.8 Å². The van der Waals surface area contributed by atoms with Crippen LogP contribution in [0.2, 0.25) is 0 Å². The van der Waals surface area contributed by atoms with Crippen molar-refractivity contribution in [1.29, 1.82) is 0 Å². The number of likely N-dealkylation sites (tertiary alicyclic amines) is 2. The third-order valence-corrected chi connectivity index (χ3v) is 6.84. The molecule has 166 valence electrons. The van der Waals surface area contributed by atoms with E-state index in [1.165, 1.54) is 37.6 Å². The molecule has 0 bridgehead atoms. The molecule has 2 fully saturated rings. The topological polar surface area (TPSA) is 26.8 Å². The van der Waals surface area contributed by atoms with Crippen molar-refractivity contribution in [2.45, 2.75) is 45.1 Å². The third-order valence-electron chi connectivity index (χ3n) is 6.84. The van der Waals surface area contributed by atoms with Crippen LogP contribution in [0.5, 0.6) is 0 Å². The van der Waals surface area contributed by atoms with Gasteiger partial charge in [-0.15, -0.1) is 0 Å². The minimum absolute atomic E-state index is 0.0373. The lowest BCUT2D eigenvalue weighted by Crippen LogP contribution is -2.45. The Morgan fingerprint density at radius 1 is 1.06 bits per heavy atom. The second kappa shape index (κ2) is 9.82. The molecule has 2 heterocycles. The molecule has 2 aliphatic heterocycles. The van der Waals surface area contributed by atoms with Gasteiger partial charge in [-0.05, 0) is 79.5 Å². The predicted octanol–water partition coefficient (Wildman–Crippen LogP) is 5.49. The van der Waals surface area contributed by atoms with Crippen LogP contribution in [0.25, 0.3) is 0 Å². The van der Waals surface area contributed by atoms with Crippen molar-refractivity contribution >= 4 is 11.7 Å². The van der Waals surface area contributed by atoms with Gasteiger partial charge in [0.15, 0.2) is 0 Å². The summed E-state index contributed by atoms with van der Waals surface area (Å²) in [6.07, 6.45) is 4.36. The SMILES string of the molecule is C[C@@H]1CCCN(Cc2ccc(N(C)C(=O)N3CCC(c4cccc(F)c4)CC3)cc2)C1. The summed E-state index contributed by atoms with van der Waals surface area (Å²) in [5, 5.41) is 0. The Morgan fingerprint density at radius 2 is 1.81 bits per heavy atom. The molecule has 0 unspecified atom stereocenters. The standard InChI is InChI=1S/C26H34FN3O/c1-20-5-4-14-29(18-20)19-21-8-10-25(11-9-21)28(2)26(31)30-15-12-22(13-16-30)23-6-3-7-24(27)17-23/h3,6-11,17,20,22H,4-5,12-16,18-19H2,1-2H3/t20-/m1/s1. The fourth-order valence-corrected chi connectivity index (χ4v) is 5.00. The molecule has 0 radical (unpaired) electrons. The van der Waals surface area contributed by atoms with Crippen LogP contribution in [0.4, 0.5) is 14.9 Å². The van der Waals surface area contributed by atoms with Crippen LogP contribution in [0, 0.1) is 11.7 Å². The van der Waals surface area contributed by atoms with Crippen molar-refractivity contribution < 1.29 is 9.18 Å². The summed E-state index contributed by atoms with van der Waals surface area (Å²) in [6, 6.07) is 15.3. The highest BCUT2D eigenvalue weighted by Gasteiger charge is 2.26. The summed E-state index contributed by atoms with van der Waals surface area (Å²) >= 11 is 0. The first-order chi connectivity index (χ1) is 15.0. The largest absolute Gasteiger partial charge is 0.324 e. The van der Waals surface area contributed by atoms with E-state index in [9.17, 15) is 9.18 Å². The molecule has 2 amide bonds. The Kier molecular flexibility index (Phi) is 6.91. The Labute approximate surface area is 185 Å². The summed E-state index contributed by atoms with van der Waals surface area (Å²) in [5.41, 5.74) is 3.27. The van der Waals surface area contributed by atoms with Gasteiger partial charge >= 0.3 is 6.03 Å². The number of urea groups is 1. The lowest BCUT2D eigenvalue weighted by atomic mass is 9.89. The van der Waals surface area contributed by atoms with Crippen LogP contribution in [-0.4, -0.2) is 49.1 Å². The lowest BCUT2D eigenvalue weighted by molar-refractivity contribution is 0.176. The van der Waals surface area contributed by atoms with Crippen molar-refractivity contribution in [3.8, 4) is 0 Å². The van der Waals surface area contributed by atoms with E-state index in [0.717, 1.165) is 36.6 Å². The van der Waals surface area contributed by atoms with Crippen molar-refractivity contribution in [2.24, 2.45) is 5.92 Å². The van der Waals surface area contributed by atoms with E-state index in [4.69, 9.17) is 0 Å². The van der Waals surface area contributed by atoms with Crippen LogP contribution in [0.1, 0.15) is 49.7 Å². The number of amides is 2. The van der Waals surface area contributed by atoms with E-state index in [0.29, 0.717) is 19.0 Å². The molecule has 0 saturated carbocycles. The highest BCUT2D eigenvalue weighted by Crippen LogP contribution is 2.29. The second-order valence-electron chi connectivity index (χ2n) is 9.31. The quantitative estimate of drug-likeness (QED) is 0.650. The number of halogens is 1. The Morgan fingerprint density at radius 3 is 2.48 bits per heavy atom. The van der Waals surface area contributed by atoms with E-state index in [2.05, 4.69) is 36.1 Å². The average Bonchev–Trinajstić information content (AvgIpc) is 2.79. The molecule has 0 N–H and O–H groups in total. The van der Waals surface area contributed by atoms with Gasteiger partial charge in [0.2, 0.25) is 0 Å². The van der Waals surface area contributed by atoms with Gasteiger partial charge in [-0.1, -0.05) is 31.2 Å². The van der Waals surface area contributed by atoms with E-state index >= 15 is 0 Å². The number of carbonyl (C=O) groups is 1. The number of benzene rings is 2. The van der Waals surface area contributed by atoms with Crippen LogP contribution in [0.15, 0.2) is 48.5 Å². The number of hydrogen-bond donors (Lipinski definition) is 0. The molecule has 4 nitrogen and oxygen atoms in total. The van der Waals surface area contributed by atoms with Gasteiger partial charge in [0.05, 0.1) is 0 Å². The van der Waals surface area contributed by atoms with Gasteiger partial charge in [-0.3, -0.25) is 9.80 Å². The lowest BCUT2D eigenvalue weighted by Gasteiger charge is -2.35. The number of nitrogens with zero attached hydrogens (tertiary/aromatic N) is 3. The molecular formula is C26H34FN3O. The third kappa shape index (κ3) is 5.45. The van der Waals surface area contributed by atoms with Crippen LogP contribution in [-0.2, 0) is 6.54 Å². The molecule has 31 heavy (non-hydrogen) atoms. The molecule has 0 aromatic heterocycles. The highest BCUT2D eigenvalue weighted by atomic mass is 19.1. The van der Waals surface area contributed by atoms with Gasteiger partial charge in [0.25, 0.3) is 0 Å². The maximum absolute atomic E-state index is 13.5. The summed E-state index contributed by atoms with van der Waals surface area (Å²) < 4.78 is 13.5. The average molecular weight is 424 g/mol. The number of hydrogen-bond acceptors (Lipinski definition) is 2. The predicted molar refractivity (Wildman–Crippen MR) is 124 cm³/mol. The van der Waals surface area contributed by atoms with Gasteiger partial charge in [-0.2, -0.15) is 0 Å². The highest BCUT2D eigenvalue weighted by molar-refractivity contribution is 5.91. The molecule has 2 saturated heterocycles. The van der Waals surface area contributed by atoms with Crippen molar-refractivity contribution in [3.05, 3.63) is 65.5 Å². The Balaban J connectivity index is 1.31. The molecule has 0 aliphatic carbocycles. The monoisotopic (exact) mass is 423 g/mol. The fraction of sp³-hybridized carbons (Fsp3) is 0.500. The van der Waals surface area contributed by atoms with E-state index in [1.54, 1.807) is 17.0 Å². The van der Waals surface area contributed by atoms with Crippen LogP contribution >= 0.6 is 0 Å². The van der Waals surface area contributed by atoms with Gasteiger partial charge in [0, 0.05) is 38.9 Å². The number of piperidine rings is 2. The minimum atomic E-state index is -0.186. The zero-order valence-electron chi connectivity index (χ0n) is 18.8. The molecule has 1 atom stereocenters. The molecule has 2 aromatic carbocycles. The van der Waals surface area contributed by atoms with Crippen LogP contribution in [0.3, 0.4) is 0 Å². The van der Waals surface area contributed by atoms with Crippen molar-refractivity contribution in [1.82, 2.24) is 9.80 Å². The maximum atomic E-state index is 13.5. The Hall–Kier alpha value is -2.40. The number of rotatable bonds is 4. The van der Waals surface area contributed by atoms with Gasteiger partial charge in [-0.25, -0.2) is 9.18 Å². The number of carbonyl (C=O) groups excluding carboxylic acids is 1. The smallest absolute Gasteiger partial charge is 0.324 e. The molecule has 0 spiro atoms. The molecular weight excluding hydrogens is 389 g/mol.